The number of rotatable bonds is 6. The third kappa shape index (κ3) is 4.44. The molecule has 0 bridgehead atoms. The maximum Gasteiger partial charge on any atom is 0.254 e. The Morgan fingerprint density at radius 2 is 2.25 bits per heavy atom. The Hall–Kier alpha value is -0.0600. The second kappa shape index (κ2) is 7.30. The average Bonchev–Trinajstić information content (AvgIpc) is 2.70. The second-order valence-electron chi connectivity index (χ2n) is 3.62. The zero-order chi connectivity index (χ0) is 12.0. The van der Waals surface area contributed by atoms with Crippen molar-refractivity contribution in [3.05, 3.63) is 20.8 Å². The molecular formula is C11H15BrClNOS. The Bertz CT molecular complexity index is 342. The summed E-state index contributed by atoms with van der Waals surface area (Å²) in [6, 6.07) is 1.86. The minimum Gasteiger partial charge on any atom is -0.342 e. The summed E-state index contributed by atoms with van der Waals surface area (Å²) >= 11 is 10.5. The van der Waals surface area contributed by atoms with Gasteiger partial charge in [-0.1, -0.05) is 6.42 Å². The predicted octanol–water partition coefficient (Wildman–Crippen LogP) is 3.99. The van der Waals surface area contributed by atoms with Gasteiger partial charge < -0.3 is 4.90 Å². The summed E-state index contributed by atoms with van der Waals surface area (Å²) < 4.78 is 0.992. The van der Waals surface area contributed by atoms with E-state index >= 15 is 0 Å². The Morgan fingerprint density at radius 3 is 2.81 bits per heavy atom. The van der Waals surface area contributed by atoms with E-state index in [9.17, 15) is 4.79 Å². The lowest BCUT2D eigenvalue weighted by atomic mass is 10.2. The number of hydrogen-bond acceptors (Lipinski definition) is 2. The van der Waals surface area contributed by atoms with Gasteiger partial charge in [0, 0.05) is 24.9 Å². The monoisotopic (exact) mass is 323 g/mol. The number of unbranched alkanes of at least 4 members (excludes halogenated alkanes) is 2. The summed E-state index contributed by atoms with van der Waals surface area (Å²) in [5, 5.41) is 1.88. The van der Waals surface area contributed by atoms with Crippen molar-refractivity contribution in [1.82, 2.24) is 4.90 Å². The Morgan fingerprint density at radius 1 is 1.50 bits per heavy atom. The number of halogens is 2. The lowest BCUT2D eigenvalue weighted by Crippen LogP contribution is -2.27. The van der Waals surface area contributed by atoms with Crippen LogP contribution in [0.3, 0.4) is 0 Å². The van der Waals surface area contributed by atoms with Crippen LogP contribution in [-0.2, 0) is 0 Å². The third-order valence-electron chi connectivity index (χ3n) is 2.29. The molecule has 0 N–H and O–H groups in total. The molecule has 0 atom stereocenters. The van der Waals surface area contributed by atoms with Crippen LogP contribution in [-0.4, -0.2) is 30.3 Å². The summed E-state index contributed by atoms with van der Waals surface area (Å²) in [4.78, 5) is 13.7. The van der Waals surface area contributed by atoms with E-state index in [2.05, 4.69) is 15.9 Å². The lowest BCUT2D eigenvalue weighted by Gasteiger charge is -2.15. The molecule has 0 aromatic carbocycles. The Labute approximate surface area is 114 Å². The molecule has 1 rings (SSSR count). The molecule has 0 aliphatic rings. The summed E-state index contributed by atoms with van der Waals surface area (Å²) in [7, 11) is 1.84. The fourth-order valence-electron chi connectivity index (χ4n) is 1.36. The van der Waals surface area contributed by atoms with Crippen molar-refractivity contribution in [2.45, 2.75) is 19.3 Å². The van der Waals surface area contributed by atoms with E-state index in [1.165, 1.54) is 11.3 Å². The molecular weight excluding hydrogens is 310 g/mol. The molecule has 0 spiro atoms. The Balaban J connectivity index is 2.36. The van der Waals surface area contributed by atoms with E-state index in [4.69, 9.17) is 11.6 Å². The number of nitrogens with zero attached hydrogens (tertiary/aromatic N) is 1. The SMILES string of the molecule is CN(CCCCCCl)C(=O)c1csc(Br)c1. The number of carbonyl (C=O) groups excluding carboxylic acids is 1. The molecule has 0 unspecified atom stereocenters. The van der Waals surface area contributed by atoms with Crippen LogP contribution in [0, 0.1) is 0 Å². The van der Waals surface area contributed by atoms with Crippen LogP contribution in [0.4, 0.5) is 0 Å². The van der Waals surface area contributed by atoms with Gasteiger partial charge in [0.15, 0.2) is 0 Å². The van der Waals surface area contributed by atoms with Crippen LogP contribution in [0.1, 0.15) is 29.6 Å². The van der Waals surface area contributed by atoms with Gasteiger partial charge in [0.25, 0.3) is 5.91 Å². The lowest BCUT2D eigenvalue weighted by molar-refractivity contribution is 0.0793. The first-order chi connectivity index (χ1) is 7.65. The maximum atomic E-state index is 11.9. The van der Waals surface area contributed by atoms with Gasteiger partial charge in [0.05, 0.1) is 9.35 Å². The molecule has 0 radical (unpaired) electrons. The fraction of sp³-hybridized carbons (Fsp3) is 0.545. The van der Waals surface area contributed by atoms with E-state index in [1.54, 1.807) is 4.90 Å². The highest BCUT2D eigenvalue weighted by Gasteiger charge is 2.12. The quantitative estimate of drug-likeness (QED) is 0.572. The Kier molecular flexibility index (Phi) is 6.39. The number of amides is 1. The van der Waals surface area contributed by atoms with Gasteiger partial charge in [-0.2, -0.15) is 0 Å². The molecule has 90 valence electrons. The highest BCUT2D eigenvalue weighted by atomic mass is 79.9. The zero-order valence-corrected chi connectivity index (χ0v) is 12.4. The number of alkyl halides is 1. The minimum atomic E-state index is 0.0906. The first kappa shape index (κ1) is 14.0. The topological polar surface area (TPSA) is 20.3 Å². The summed E-state index contributed by atoms with van der Waals surface area (Å²) in [6.45, 7) is 0.795. The van der Waals surface area contributed by atoms with Crippen LogP contribution in [0.25, 0.3) is 0 Å². The largest absolute Gasteiger partial charge is 0.342 e. The average molecular weight is 325 g/mol. The summed E-state index contributed by atoms with van der Waals surface area (Å²) in [6.07, 6.45) is 3.11. The number of carbonyl (C=O) groups is 1. The maximum absolute atomic E-state index is 11.9. The first-order valence-corrected chi connectivity index (χ1v) is 7.41. The van der Waals surface area contributed by atoms with Crippen LogP contribution >= 0.6 is 38.9 Å². The van der Waals surface area contributed by atoms with E-state index in [0.29, 0.717) is 5.88 Å². The smallest absolute Gasteiger partial charge is 0.254 e. The standard InChI is InChI=1S/C11H15BrClNOS/c1-14(6-4-2-3-5-13)11(15)9-7-10(12)16-8-9/h7-8H,2-6H2,1H3. The highest BCUT2D eigenvalue weighted by molar-refractivity contribution is 9.11. The molecule has 0 aliphatic carbocycles. The molecule has 0 aliphatic heterocycles. The second-order valence-corrected chi connectivity index (χ2v) is 6.28. The van der Waals surface area contributed by atoms with Gasteiger partial charge in [-0.3, -0.25) is 4.79 Å². The van der Waals surface area contributed by atoms with Crippen molar-refractivity contribution in [1.29, 1.82) is 0 Å². The van der Waals surface area contributed by atoms with Crippen molar-refractivity contribution in [3.8, 4) is 0 Å². The number of hydrogen-bond donors (Lipinski definition) is 0. The molecule has 1 amide bonds. The normalized spacial score (nSPS) is 10.4. The molecule has 2 nitrogen and oxygen atoms in total. The van der Waals surface area contributed by atoms with Crippen LogP contribution in [0.2, 0.25) is 0 Å². The molecule has 1 aromatic rings. The molecule has 16 heavy (non-hydrogen) atoms. The van der Waals surface area contributed by atoms with E-state index in [-0.39, 0.29) is 5.91 Å². The van der Waals surface area contributed by atoms with Crippen LogP contribution in [0.5, 0.6) is 0 Å². The minimum absolute atomic E-state index is 0.0906. The van der Waals surface area contributed by atoms with Crippen LogP contribution < -0.4 is 0 Å². The van der Waals surface area contributed by atoms with Gasteiger partial charge in [-0.25, -0.2) is 0 Å². The van der Waals surface area contributed by atoms with Crippen molar-refractivity contribution in [2.75, 3.05) is 19.5 Å². The fourth-order valence-corrected chi connectivity index (χ4v) is 2.68. The van der Waals surface area contributed by atoms with Gasteiger partial charge in [0.2, 0.25) is 0 Å². The number of thiophene rings is 1. The van der Waals surface area contributed by atoms with E-state index < -0.39 is 0 Å². The van der Waals surface area contributed by atoms with Crippen molar-refractivity contribution in [2.24, 2.45) is 0 Å². The predicted molar refractivity (Wildman–Crippen MR) is 73.6 cm³/mol. The van der Waals surface area contributed by atoms with Crippen molar-refractivity contribution >= 4 is 44.8 Å². The van der Waals surface area contributed by atoms with Gasteiger partial charge in [-0.15, -0.1) is 22.9 Å². The molecule has 1 heterocycles. The van der Waals surface area contributed by atoms with Crippen molar-refractivity contribution in [3.63, 3.8) is 0 Å². The first-order valence-electron chi connectivity index (χ1n) is 5.20. The third-order valence-corrected chi connectivity index (χ3v) is 4.06. The van der Waals surface area contributed by atoms with Crippen molar-refractivity contribution < 1.29 is 4.79 Å². The van der Waals surface area contributed by atoms with E-state index in [1.807, 2.05) is 18.5 Å². The molecule has 0 saturated carbocycles. The van der Waals surface area contributed by atoms with Gasteiger partial charge >= 0.3 is 0 Å². The van der Waals surface area contributed by atoms with Gasteiger partial charge in [-0.05, 0) is 34.8 Å². The van der Waals surface area contributed by atoms with E-state index in [0.717, 1.165) is 35.2 Å². The molecule has 1 aromatic heterocycles. The molecule has 0 saturated heterocycles. The van der Waals surface area contributed by atoms with Crippen LogP contribution in [0.15, 0.2) is 15.2 Å². The molecule has 5 heteroatoms. The molecule has 0 fully saturated rings. The highest BCUT2D eigenvalue weighted by Crippen LogP contribution is 2.21. The summed E-state index contributed by atoms with van der Waals surface area (Å²) in [5.41, 5.74) is 0.761. The zero-order valence-electron chi connectivity index (χ0n) is 9.21. The van der Waals surface area contributed by atoms with Gasteiger partial charge in [0.1, 0.15) is 0 Å². The summed E-state index contributed by atoms with van der Waals surface area (Å²) in [5.74, 6) is 0.794.